The van der Waals surface area contributed by atoms with E-state index in [2.05, 4.69) is 4.98 Å². The molecule has 1 aromatic carbocycles. The van der Waals surface area contributed by atoms with Gasteiger partial charge in [-0.15, -0.1) is 5.06 Å². The number of carbonyl (C=O) groups is 3. The summed E-state index contributed by atoms with van der Waals surface area (Å²) in [7, 11) is 0. The van der Waals surface area contributed by atoms with Crippen LogP contribution in [0.2, 0.25) is 0 Å². The van der Waals surface area contributed by atoms with Crippen LogP contribution in [0, 0.1) is 0 Å². The lowest BCUT2D eigenvalue weighted by atomic mass is 10.1. The molecule has 1 unspecified atom stereocenters. The van der Waals surface area contributed by atoms with E-state index in [-0.39, 0.29) is 23.7 Å². The van der Waals surface area contributed by atoms with Crippen molar-refractivity contribution in [2.75, 3.05) is 0 Å². The number of carbonyl (C=O) groups excluding carboxylic acids is 3. The van der Waals surface area contributed by atoms with E-state index in [0.717, 1.165) is 10.6 Å². The number of nitrogens with zero attached hydrogens (tertiary/aromatic N) is 2. The second-order valence-corrected chi connectivity index (χ2v) is 6.87. The van der Waals surface area contributed by atoms with Crippen LogP contribution in [0.1, 0.15) is 40.9 Å². The molecule has 0 bridgehead atoms. The van der Waals surface area contributed by atoms with E-state index >= 15 is 0 Å². The molecule has 0 aliphatic carbocycles. The molecule has 2 aromatic rings. The van der Waals surface area contributed by atoms with Gasteiger partial charge in [0, 0.05) is 24.3 Å². The molecule has 25 heavy (non-hydrogen) atoms. The summed E-state index contributed by atoms with van der Waals surface area (Å²) in [6, 6.07) is 12.6. The maximum atomic E-state index is 12.1. The first-order valence-electron chi connectivity index (χ1n) is 7.80. The Kier molecular flexibility index (Phi) is 5.14. The fourth-order valence-electron chi connectivity index (χ4n) is 2.35. The zero-order valence-corrected chi connectivity index (χ0v) is 14.4. The van der Waals surface area contributed by atoms with Crippen LogP contribution in [-0.4, -0.2) is 27.8 Å². The Morgan fingerprint density at radius 3 is 2.40 bits per heavy atom. The Morgan fingerprint density at radius 2 is 1.80 bits per heavy atom. The molecule has 2 amide bonds. The molecule has 1 aliphatic rings. The highest BCUT2D eigenvalue weighted by atomic mass is 32.2. The number of aromatic nitrogens is 1. The van der Waals surface area contributed by atoms with Crippen LogP contribution in [0.15, 0.2) is 53.7 Å². The minimum absolute atomic E-state index is 0.0767. The van der Waals surface area contributed by atoms with Gasteiger partial charge in [-0.1, -0.05) is 30.0 Å². The molecule has 6 nitrogen and oxygen atoms in total. The van der Waals surface area contributed by atoms with Crippen LogP contribution in [-0.2, 0) is 14.4 Å². The number of rotatable bonds is 5. The second kappa shape index (κ2) is 7.48. The molecular weight excluding hydrogens is 340 g/mol. The van der Waals surface area contributed by atoms with Crippen molar-refractivity contribution in [3.05, 3.63) is 59.8 Å². The highest BCUT2D eigenvalue weighted by Gasteiger charge is 2.33. The van der Waals surface area contributed by atoms with Gasteiger partial charge in [0.25, 0.3) is 11.8 Å². The summed E-state index contributed by atoms with van der Waals surface area (Å²) in [6.07, 6.45) is 1.90. The minimum atomic E-state index is -0.722. The van der Waals surface area contributed by atoms with Gasteiger partial charge in [0.05, 0.1) is 10.6 Å². The third kappa shape index (κ3) is 4.06. The van der Waals surface area contributed by atoms with E-state index in [4.69, 9.17) is 4.84 Å². The summed E-state index contributed by atoms with van der Waals surface area (Å²) in [5.74, 6) is -1.70. The molecule has 0 spiro atoms. The molecule has 0 saturated carbocycles. The van der Waals surface area contributed by atoms with Gasteiger partial charge in [0.1, 0.15) is 0 Å². The van der Waals surface area contributed by atoms with Crippen molar-refractivity contribution >= 4 is 29.5 Å². The Balaban J connectivity index is 1.64. The fraction of sp³-hybridized carbons (Fsp3) is 0.222. The van der Waals surface area contributed by atoms with Gasteiger partial charge in [0.2, 0.25) is 0 Å². The van der Waals surface area contributed by atoms with Crippen molar-refractivity contribution in [2.24, 2.45) is 0 Å². The molecule has 128 valence electrons. The largest absolute Gasteiger partial charge is 0.363 e. The summed E-state index contributed by atoms with van der Waals surface area (Å²) >= 11 is 1.61. The van der Waals surface area contributed by atoms with Crippen LogP contribution in [0.3, 0.4) is 0 Å². The number of hydrogen-bond acceptors (Lipinski definition) is 6. The van der Waals surface area contributed by atoms with Crippen LogP contribution < -0.4 is 0 Å². The zero-order valence-electron chi connectivity index (χ0n) is 13.5. The van der Waals surface area contributed by atoms with Crippen LogP contribution in [0.4, 0.5) is 0 Å². The predicted octanol–water partition coefficient (Wildman–Crippen LogP) is 3.16. The first-order valence-corrected chi connectivity index (χ1v) is 8.68. The van der Waals surface area contributed by atoms with E-state index in [1.54, 1.807) is 30.1 Å². The lowest BCUT2D eigenvalue weighted by molar-refractivity contribution is -0.172. The maximum absolute atomic E-state index is 12.1. The lowest BCUT2D eigenvalue weighted by Gasteiger charge is -2.14. The molecule has 1 atom stereocenters. The molecule has 1 aliphatic heterocycles. The van der Waals surface area contributed by atoms with E-state index < -0.39 is 17.8 Å². The molecule has 0 radical (unpaired) electrons. The normalized spacial score (nSPS) is 15.3. The van der Waals surface area contributed by atoms with Crippen LogP contribution in [0.5, 0.6) is 0 Å². The number of benzene rings is 1. The van der Waals surface area contributed by atoms with E-state index in [0.29, 0.717) is 5.06 Å². The molecule has 1 aromatic heterocycles. The van der Waals surface area contributed by atoms with Gasteiger partial charge >= 0.3 is 5.97 Å². The third-order valence-electron chi connectivity index (χ3n) is 3.73. The predicted molar refractivity (Wildman–Crippen MR) is 91.5 cm³/mol. The van der Waals surface area contributed by atoms with Crippen molar-refractivity contribution in [1.29, 1.82) is 0 Å². The summed E-state index contributed by atoms with van der Waals surface area (Å²) in [4.78, 5) is 44.2. The Morgan fingerprint density at radius 1 is 1.12 bits per heavy atom. The first kappa shape index (κ1) is 17.2. The summed E-state index contributed by atoms with van der Waals surface area (Å²) in [6.45, 7) is 2.05. The Labute approximate surface area is 149 Å². The molecular formula is C18H16N2O4S. The number of hydroxylamine groups is 2. The van der Waals surface area contributed by atoms with Gasteiger partial charge in [-0.2, -0.15) is 0 Å². The van der Waals surface area contributed by atoms with Gasteiger partial charge in [-0.25, -0.2) is 9.78 Å². The summed E-state index contributed by atoms with van der Waals surface area (Å²) in [5.41, 5.74) is 1.31. The Hall–Kier alpha value is -2.67. The smallest absolute Gasteiger partial charge is 0.325 e. The molecule has 1 saturated heterocycles. The standard InChI is InChI=1S/C18H16N2O4S/c1-12(25-15-4-2-3-11-19-15)13-5-7-14(8-6-13)18(23)24-20-16(21)9-10-17(20)22/h2-8,11-12H,9-10H2,1H3. The average Bonchev–Trinajstić information content (AvgIpc) is 2.94. The number of pyridine rings is 1. The molecule has 3 rings (SSSR count). The fourth-order valence-corrected chi connectivity index (χ4v) is 3.28. The van der Waals surface area contributed by atoms with Gasteiger partial charge in [0.15, 0.2) is 0 Å². The molecule has 7 heteroatoms. The topological polar surface area (TPSA) is 76.6 Å². The first-order chi connectivity index (χ1) is 12.0. The van der Waals surface area contributed by atoms with E-state index in [9.17, 15) is 14.4 Å². The minimum Gasteiger partial charge on any atom is -0.325 e. The quantitative estimate of drug-likeness (QED) is 0.605. The number of hydrogen-bond donors (Lipinski definition) is 0. The summed E-state index contributed by atoms with van der Waals surface area (Å²) < 4.78 is 0. The van der Waals surface area contributed by atoms with Gasteiger partial charge in [-0.05, 0) is 36.8 Å². The maximum Gasteiger partial charge on any atom is 0.363 e. The summed E-state index contributed by atoms with van der Waals surface area (Å²) in [5, 5.41) is 1.63. The van der Waals surface area contributed by atoms with Crippen LogP contribution in [0.25, 0.3) is 0 Å². The van der Waals surface area contributed by atoms with E-state index in [1.165, 1.54) is 0 Å². The number of thioether (sulfide) groups is 1. The monoisotopic (exact) mass is 356 g/mol. The van der Waals surface area contributed by atoms with Crippen molar-refractivity contribution in [2.45, 2.75) is 30.0 Å². The van der Waals surface area contributed by atoms with Crippen molar-refractivity contribution in [3.8, 4) is 0 Å². The lowest BCUT2D eigenvalue weighted by Crippen LogP contribution is -2.32. The number of imide groups is 1. The van der Waals surface area contributed by atoms with Gasteiger partial charge in [-0.3, -0.25) is 9.59 Å². The highest BCUT2D eigenvalue weighted by molar-refractivity contribution is 7.99. The molecule has 0 N–H and O–H groups in total. The Bertz CT molecular complexity index is 776. The van der Waals surface area contributed by atoms with Crippen molar-refractivity contribution < 1.29 is 19.2 Å². The number of amides is 2. The van der Waals surface area contributed by atoms with Crippen LogP contribution >= 0.6 is 11.8 Å². The third-order valence-corrected chi connectivity index (χ3v) is 4.84. The van der Waals surface area contributed by atoms with Crippen molar-refractivity contribution in [1.82, 2.24) is 10.0 Å². The second-order valence-electron chi connectivity index (χ2n) is 5.51. The van der Waals surface area contributed by atoms with Gasteiger partial charge < -0.3 is 4.84 Å². The SMILES string of the molecule is CC(Sc1ccccn1)c1ccc(C(=O)ON2C(=O)CCC2=O)cc1. The molecule has 1 fully saturated rings. The molecule has 2 heterocycles. The van der Waals surface area contributed by atoms with E-state index in [1.807, 2.05) is 37.3 Å². The average molecular weight is 356 g/mol. The zero-order chi connectivity index (χ0) is 17.8. The highest BCUT2D eigenvalue weighted by Crippen LogP contribution is 2.33. The van der Waals surface area contributed by atoms with Crippen molar-refractivity contribution in [3.63, 3.8) is 0 Å².